The first-order valence-corrected chi connectivity index (χ1v) is 8.30. The quantitative estimate of drug-likeness (QED) is 0.895. The molecule has 2 amide bonds. The van der Waals surface area contributed by atoms with E-state index in [1.165, 1.54) is 12.1 Å². The van der Waals surface area contributed by atoms with Gasteiger partial charge in [-0.25, -0.2) is 4.39 Å². The fraction of sp³-hybridized carbons (Fsp3) is 0.529. The number of para-hydroxylation sites is 1. The van der Waals surface area contributed by atoms with Crippen molar-refractivity contribution >= 4 is 17.5 Å². The van der Waals surface area contributed by atoms with Gasteiger partial charge >= 0.3 is 0 Å². The van der Waals surface area contributed by atoms with E-state index in [0.29, 0.717) is 32.8 Å². The lowest BCUT2D eigenvalue weighted by Crippen LogP contribution is -2.52. The SMILES string of the molecule is O=C(CN1CCN(C(=O)C2CCCO2)CC1)Nc1ccccc1F. The minimum Gasteiger partial charge on any atom is -0.368 e. The number of nitrogens with zero attached hydrogens (tertiary/aromatic N) is 2. The second-order valence-corrected chi connectivity index (χ2v) is 6.13. The van der Waals surface area contributed by atoms with Crippen molar-refractivity contribution in [2.45, 2.75) is 18.9 Å². The van der Waals surface area contributed by atoms with Crippen LogP contribution in [0.25, 0.3) is 0 Å². The second kappa shape index (κ2) is 7.72. The van der Waals surface area contributed by atoms with E-state index in [0.717, 1.165) is 12.8 Å². The molecule has 0 radical (unpaired) electrons. The molecule has 1 unspecified atom stereocenters. The van der Waals surface area contributed by atoms with E-state index in [1.807, 2.05) is 4.90 Å². The number of anilines is 1. The zero-order valence-electron chi connectivity index (χ0n) is 13.5. The zero-order valence-corrected chi connectivity index (χ0v) is 13.5. The lowest BCUT2D eigenvalue weighted by Gasteiger charge is -2.35. The lowest BCUT2D eigenvalue weighted by molar-refractivity contribution is -0.142. The molecule has 2 saturated heterocycles. The van der Waals surface area contributed by atoms with Gasteiger partial charge < -0.3 is 15.0 Å². The zero-order chi connectivity index (χ0) is 16.9. The van der Waals surface area contributed by atoms with Crippen LogP contribution in [0.1, 0.15) is 12.8 Å². The summed E-state index contributed by atoms with van der Waals surface area (Å²) in [6, 6.07) is 6.10. The van der Waals surface area contributed by atoms with Crippen LogP contribution in [-0.2, 0) is 14.3 Å². The molecule has 2 heterocycles. The van der Waals surface area contributed by atoms with Crippen LogP contribution in [0, 0.1) is 5.82 Å². The molecule has 1 aromatic carbocycles. The smallest absolute Gasteiger partial charge is 0.251 e. The van der Waals surface area contributed by atoms with Crippen LogP contribution in [0.5, 0.6) is 0 Å². The predicted octanol–water partition coefficient (Wildman–Crippen LogP) is 1.09. The van der Waals surface area contributed by atoms with Crippen LogP contribution in [0.3, 0.4) is 0 Å². The van der Waals surface area contributed by atoms with Gasteiger partial charge in [0.05, 0.1) is 12.2 Å². The van der Waals surface area contributed by atoms with Crippen molar-refractivity contribution in [2.24, 2.45) is 0 Å². The minimum atomic E-state index is -0.446. The third-order valence-corrected chi connectivity index (χ3v) is 4.40. The monoisotopic (exact) mass is 335 g/mol. The number of hydrogen-bond acceptors (Lipinski definition) is 4. The van der Waals surface area contributed by atoms with Gasteiger partial charge in [0.25, 0.3) is 5.91 Å². The highest BCUT2D eigenvalue weighted by atomic mass is 19.1. The van der Waals surface area contributed by atoms with Gasteiger partial charge in [-0.05, 0) is 25.0 Å². The van der Waals surface area contributed by atoms with E-state index < -0.39 is 5.82 Å². The van der Waals surface area contributed by atoms with E-state index in [4.69, 9.17) is 4.74 Å². The molecular weight excluding hydrogens is 313 g/mol. The molecule has 2 fully saturated rings. The fourth-order valence-electron chi connectivity index (χ4n) is 3.06. The summed E-state index contributed by atoms with van der Waals surface area (Å²) in [5, 5.41) is 2.58. The molecule has 0 aromatic heterocycles. The molecule has 0 bridgehead atoms. The molecule has 1 N–H and O–H groups in total. The van der Waals surface area contributed by atoms with Gasteiger partial charge in [-0.1, -0.05) is 12.1 Å². The Morgan fingerprint density at radius 2 is 1.96 bits per heavy atom. The van der Waals surface area contributed by atoms with E-state index in [9.17, 15) is 14.0 Å². The van der Waals surface area contributed by atoms with E-state index >= 15 is 0 Å². The molecule has 1 aromatic rings. The molecule has 130 valence electrons. The van der Waals surface area contributed by atoms with Gasteiger partial charge in [-0.3, -0.25) is 14.5 Å². The summed E-state index contributed by atoms with van der Waals surface area (Å²) in [5.74, 6) is -0.639. The Morgan fingerprint density at radius 3 is 2.62 bits per heavy atom. The molecule has 24 heavy (non-hydrogen) atoms. The van der Waals surface area contributed by atoms with Crippen LogP contribution in [0.15, 0.2) is 24.3 Å². The number of benzene rings is 1. The molecule has 2 aliphatic heterocycles. The molecular formula is C17H22FN3O3. The van der Waals surface area contributed by atoms with Crippen molar-refractivity contribution in [3.05, 3.63) is 30.1 Å². The van der Waals surface area contributed by atoms with E-state index in [-0.39, 0.29) is 30.2 Å². The molecule has 0 aliphatic carbocycles. The fourth-order valence-corrected chi connectivity index (χ4v) is 3.06. The van der Waals surface area contributed by atoms with Crippen LogP contribution in [0.2, 0.25) is 0 Å². The molecule has 2 aliphatic rings. The Bertz CT molecular complexity index is 596. The summed E-state index contributed by atoms with van der Waals surface area (Å²) in [6.45, 7) is 3.28. The van der Waals surface area contributed by atoms with E-state index in [1.54, 1.807) is 17.0 Å². The summed E-state index contributed by atoms with van der Waals surface area (Å²) in [4.78, 5) is 28.1. The number of halogens is 1. The van der Waals surface area contributed by atoms with Gasteiger partial charge in [0.1, 0.15) is 11.9 Å². The highest BCUT2D eigenvalue weighted by Crippen LogP contribution is 2.16. The predicted molar refractivity (Wildman–Crippen MR) is 87.0 cm³/mol. The van der Waals surface area contributed by atoms with Crippen LogP contribution < -0.4 is 5.32 Å². The maximum absolute atomic E-state index is 13.5. The van der Waals surface area contributed by atoms with Crippen LogP contribution >= 0.6 is 0 Å². The van der Waals surface area contributed by atoms with Crippen molar-refractivity contribution in [1.29, 1.82) is 0 Å². The van der Waals surface area contributed by atoms with Gasteiger partial charge in [0, 0.05) is 32.8 Å². The number of ether oxygens (including phenoxy) is 1. The number of carbonyl (C=O) groups is 2. The number of amides is 2. The first-order valence-electron chi connectivity index (χ1n) is 8.30. The summed E-state index contributed by atoms with van der Waals surface area (Å²) in [7, 11) is 0. The van der Waals surface area contributed by atoms with Crippen molar-refractivity contribution < 1.29 is 18.7 Å². The van der Waals surface area contributed by atoms with Crippen molar-refractivity contribution in [3.8, 4) is 0 Å². The van der Waals surface area contributed by atoms with Gasteiger partial charge in [0.2, 0.25) is 5.91 Å². The summed E-state index contributed by atoms with van der Waals surface area (Å²) in [6.07, 6.45) is 1.44. The van der Waals surface area contributed by atoms with Gasteiger partial charge in [0.15, 0.2) is 0 Å². The Labute approximate surface area is 140 Å². The van der Waals surface area contributed by atoms with E-state index in [2.05, 4.69) is 5.32 Å². The van der Waals surface area contributed by atoms with Crippen molar-refractivity contribution in [2.75, 3.05) is 44.6 Å². The molecule has 7 heteroatoms. The minimum absolute atomic E-state index is 0.0583. The standard InChI is InChI=1S/C17H22FN3O3/c18-13-4-1-2-5-14(13)19-16(22)12-20-7-9-21(10-8-20)17(23)15-6-3-11-24-15/h1-2,4-5,15H,3,6-12H2,(H,19,22). The Balaban J connectivity index is 1.44. The van der Waals surface area contributed by atoms with Gasteiger partial charge in [-0.2, -0.15) is 0 Å². The maximum atomic E-state index is 13.5. The third-order valence-electron chi connectivity index (χ3n) is 4.40. The first-order chi connectivity index (χ1) is 11.6. The summed E-state index contributed by atoms with van der Waals surface area (Å²) >= 11 is 0. The largest absolute Gasteiger partial charge is 0.368 e. The normalized spacial score (nSPS) is 21.7. The highest BCUT2D eigenvalue weighted by molar-refractivity contribution is 5.92. The number of hydrogen-bond donors (Lipinski definition) is 1. The topological polar surface area (TPSA) is 61.9 Å². The molecule has 6 nitrogen and oxygen atoms in total. The molecule has 3 rings (SSSR count). The Hall–Kier alpha value is -1.99. The number of nitrogens with one attached hydrogen (secondary N) is 1. The van der Waals surface area contributed by atoms with Crippen LogP contribution in [-0.4, -0.2) is 67.0 Å². The van der Waals surface area contributed by atoms with Gasteiger partial charge in [-0.15, -0.1) is 0 Å². The maximum Gasteiger partial charge on any atom is 0.251 e. The lowest BCUT2D eigenvalue weighted by atomic mass is 10.2. The summed E-state index contributed by atoms with van der Waals surface area (Å²) in [5.41, 5.74) is 0.190. The summed E-state index contributed by atoms with van der Waals surface area (Å²) < 4.78 is 19.0. The third kappa shape index (κ3) is 4.10. The average Bonchev–Trinajstić information content (AvgIpc) is 3.11. The number of rotatable bonds is 4. The second-order valence-electron chi connectivity index (χ2n) is 6.13. The van der Waals surface area contributed by atoms with Crippen molar-refractivity contribution in [3.63, 3.8) is 0 Å². The van der Waals surface area contributed by atoms with Crippen molar-refractivity contribution in [1.82, 2.24) is 9.80 Å². The number of piperazine rings is 1. The molecule has 1 atom stereocenters. The Kier molecular flexibility index (Phi) is 5.42. The first kappa shape index (κ1) is 16.9. The highest BCUT2D eigenvalue weighted by Gasteiger charge is 2.30. The molecule has 0 saturated carbocycles. The van der Waals surface area contributed by atoms with Crippen LogP contribution in [0.4, 0.5) is 10.1 Å². The average molecular weight is 335 g/mol. The molecule has 0 spiro atoms. The Morgan fingerprint density at radius 1 is 1.21 bits per heavy atom. The number of carbonyl (C=O) groups excluding carboxylic acids is 2.